The Kier molecular flexibility index (Phi) is 4.15. The molecule has 2 aliphatic rings. The molecule has 2 aromatic carbocycles. The number of benzene rings is 2. The largest absolute Gasteiger partial charge is 0.345 e. The summed E-state index contributed by atoms with van der Waals surface area (Å²) in [5.74, 6) is -0.135. The molecule has 0 spiro atoms. The summed E-state index contributed by atoms with van der Waals surface area (Å²) < 4.78 is 15.5. The maximum atomic E-state index is 15.5. The van der Waals surface area contributed by atoms with E-state index in [1.54, 1.807) is 29.8 Å². The van der Waals surface area contributed by atoms with Crippen molar-refractivity contribution in [3.05, 3.63) is 66.6 Å². The Hall–Kier alpha value is -3.18. The number of β-lactam (4-membered cyclic amide) rings is 1. The van der Waals surface area contributed by atoms with Crippen LogP contribution < -0.4 is 10.2 Å². The van der Waals surface area contributed by atoms with Crippen LogP contribution in [0.1, 0.15) is 24.4 Å². The zero-order chi connectivity index (χ0) is 21.1. The average Bonchev–Trinajstić information content (AvgIpc) is 3.48. The molecule has 1 aliphatic heterocycles. The number of aromatic amines is 1. The van der Waals surface area contributed by atoms with E-state index in [1.165, 1.54) is 6.07 Å². The van der Waals surface area contributed by atoms with E-state index in [2.05, 4.69) is 29.2 Å². The van der Waals surface area contributed by atoms with Crippen molar-refractivity contribution in [3.8, 4) is 11.3 Å². The fraction of sp³-hybridized carbons (Fsp3) is 0.217. The summed E-state index contributed by atoms with van der Waals surface area (Å²) in [4.78, 5) is 30.6. The Labute approximate surface area is 180 Å². The highest BCUT2D eigenvalue weighted by atomic mass is 31.0. The van der Waals surface area contributed by atoms with Crippen molar-refractivity contribution in [1.29, 1.82) is 0 Å². The third-order valence-electron chi connectivity index (χ3n) is 6.27. The molecule has 2 aromatic heterocycles. The SMILES string of the molecule is O=C1C(C2CC2)[C@@H](c2c(F)cc(-c3cnccn3)cc2P)N1c1ccc2[nH]cnc2c1. The lowest BCUT2D eigenvalue weighted by Gasteiger charge is -2.48. The predicted molar refractivity (Wildman–Crippen MR) is 119 cm³/mol. The van der Waals surface area contributed by atoms with Crippen LogP contribution in [0.5, 0.6) is 0 Å². The van der Waals surface area contributed by atoms with Gasteiger partial charge in [0, 0.05) is 29.2 Å². The minimum atomic E-state index is -0.334. The van der Waals surface area contributed by atoms with Crippen molar-refractivity contribution in [2.45, 2.75) is 18.9 Å². The fourth-order valence-electron chi connectivity index (χ4n) is 4.64. The Morgan fingerprint density at radius 2 is 2.00 bits per heavy atom. The number of fused-ring (bicyclic) bond motifs is 1. The standard InChI is InChI=1S/C23H19FN5OP/c24-15-7-13(18-10-25-5-6-26-18)8-19(31)21(15)22-20(12-1-2-12)23(30)29(22)14-3-4-16-17(9-14)28-11-27-16/h3-12,20,22H,1-2,31H2,(H,27,28)/t20?,22-/m0/s1. The minimum Gasteiger partial charge on any atom is -0.345 e. The first-order chi connectivity index (χ1) is 15.1. The van der Waals surface area contributed by atoms with E-state index in [1.807, 2.05) is 24.3 Å². The van der Waals surface area contributed by atoms with Gasteiger partial charge in [-0.15, -0.1) is 9.24 Å². The number of hydrogen-bond acceptors (Lipinski definition) is 4. The van der Waals surface area contributed by atoms with Gasteiger partial charge in [-0.1, -0.05) is 0 Å². The van der Waals surface area contributed by atoms with Crippen molar-refractivity contribution in [2.75, 3.05) is 4.90 Å². The number of amides is 1. The molecule has 1 aliphatic carbocycles. The van der Waals surface area contributed by atoms with Gasteiger partial charge in [0.2, 0.25) is 5.91 Å². The van der Waals surface area contributed by atoms with E-state index in [-0.39, 0.29) is 23.7 Å². The summed E-state index contributed by atoms with van der Waals surface area (Å²) in [6.07, 6.45) is 8.45. The molecule has 1 N–H and O–H groups in total. The van der Waals surface area contributed by atoms with Crippen LogP contribution in [-0.2, 0) is 4.79 Å². The van der Waals surface area contributed by atoms with Crippen LogP contribution >= 0.6 is 9.24 Å². The first kappa shape index (κ1) is 18.6. The zero-order valence-electron chi connectivity index (χ0n) is 16.5. The van der Waals surface area contributed by atoms with Crippen LogP contribution in [0, 0.1) is 17.7 Å². The van der Waals surface area contributed by atoms with E-state index in [4.69, 9.17) is 0 Å². The molecular formula is C23H19FN5OP. The van der Waals surface area contributed by atoms with Gasteiger partial charge < -0.3 is 9.88 Å². The molecule has 0 bridgehead atoms. The van der Waals surface area contributed by atoms with Crippen molar-refractivity contribution < 1.29 is 9.18 Å². The average molecular weight is 431 g/mol. The molecule has 6 rings (SSSR count). The smallest absolute Gasteiger partial charge is 0.233 e. The van der Waals surface area contributed by atoms with Crippen molar-refractivity contribution in [2.24, 2.45) is 11.8 Å². The van der Waals surface area contributed by atoms with Crippen molar-refractivity contribution >= 4 is 37.2 Å². The van der Waals surface area contributed by atoms with Crippen LogP contribution in [0.15, 0.2) is 55.2 Å². The Morgan fingerprint density at radius 3 is 2.74 bits per heavy atom. The maximum Gasteiger partial charge on any atom is 0.233 e. The first-order valence-corrected chi connectivity index (χ1v) is 10.8. The number of carbonyl (C=O) groups is 1. The summed E-state index contributed by atoms with van der Waals surface area (Å²) in [7, 11) is 2.65. The van der Waals surface area contributed by atoms with E-state index in [9.17, 15) is 4.79 Å². The summed E-state index contributed by atoms with van der Waals surface area (Å²) in [5.41, 5.74) is 4.25. The van der Waals surface area contributed by atoms with Crippen LogP contribution in [0.25, 0.3) is 22.3 Å². The van der Waals surface area contributed by atoms with Gasteiger partial charge in [-0.3, -0.25) is 14.8 Å². The van der Waals surface area contributed by atoms with E-state index >= 15 is 4.39 Å². The van der Waals surface area contributed by atoms with Gasteiger partial charge in [-0.05, 0) is 54.4 Å². The second-order valence-corrected chi connectivity index (χ2v) is 8.79. The Balaban J connectivity index is 1.45. The lowest BCUT2D eigenvalue weighted by molar-refractivity contribution is -0.131. The summed E-state index contributed by atoms with van der Waals surface area (Å²) in [5, 5.41) is 0.731. The summed E-state index contributed by atoms with van der Waals surface area (Å²) in [6.45, 7) is 0. The maximum absolute atomic E-state index is 15.5. The lowest BCUT2D eigenvalue weighted by Crippen LogP contribution is -2.57. The molecule has 154 valence electrons. The molecule has 2 fully saturated rings. The fourth-order valence-corrected chi connectivity index (χ4v) is 5.13. The number of nitrogens with one attached hydrogen (secondary N) is 1. The minimum absolute atomic E-state index is 0.0594. The third kappa shape index (κ3) is 2.95. The van der Waals surface area contributed by atoms with Crippen LogP contribution in [-0.4, -0.2) is 25.8 Å². The molecule has 31 heavy (non-hydrogen) atoms. The second-order valence-electron chi connectivity index (χ2n) is 8.17. The van der Waals surface area contributed by atoms with E-state index < -0.39 is 0 Å². The van der Waals surface area contributed by atoms with Gasteiger partial charge in [-0.2, -0.15) is 0 Å². The quantitative estimate of drug-likeness (QED) is 0.394. The molecule has 8 heteroatoms. The van der Waals surface area contributed by atoms with Gasteiger partial charge in [0.1, 0.15) is 5.82 Å². The molecule has 1 amide bonds. The molecule has 1 saturated carbocycles. The summed E-state index contributed by atoms with van der Waals surface area (Å²) >= 11 is 0. The van der Waals surface area contributed by atoms with Crippen molar-refractivity contribution in [1.82, 2.24) is 19.9 Å². The highest BCUT2D eigenvalue weighted by Gasteiger charge is 2.56. The molecule has 3 atom stereocenters. The number of aromatic nitrogens is 4. The monoisotopic (exact) mass is 431 g/mol. The number of H-pyrrole nitrogens is 1. The number of hydrogen-bond donors (Lipinski definition) is 1. The molecule has 6 nitrogen and oxygen atoms in total. The number of carbonyl (C=O) groups excluding carboxylic acids is 1. The van der Waals surface area contributed by atoms with Gasteiger partial charge in [0.05, 0.1) is 41.2 Å². The molecule has 2 unspecified atom stereocenters. The van der Waals surface area contributed by atoms with E-state index in [0.29, 0.717) is 22.7 Å². The number of imidazole rings is 1. The van der Waals surface area contributed by atoms with E-state index in [0.717, 1.165) is 34.9 Å². The van der Waals surface area contributed by atoms with Crippen LogP contribution in [0.2, 0.25) is 0 Å². The summed E-state index contributed by atoms with van der Waals surface area (Å²) in [6, 6.07) is 8.74. The van der Waals surface area contributed by atoms with Crippen molar-refractivity contribution in [3.63, 3.8) is 0 Å². The van der Waals surface area contributed by atoms with Gasteiger partial charge in [0.25, 0.3) is 0 Å². The van der Waals surface area contributed by atoms with Crippen LogP contribution in [0.3, 0.4) is 0 Å². The molecule has 1 saturated heterocycles. The molecule has 3 heterocycles. The van der Waals surface area contributed by atoms with Crippen LogP contribution in [0.4, 0.5) is 10.1 Å². The number of rotatable bonds is 4. The second kappa shape index (κ2) is 6.92. The molecule has 0 radical (unpaired) electrons. The Bertz CT molecular complexity index is 1300. The van der Waals surface area contributed by atoms with Gasteiger partial charge in [0.15, 0.2) is 0 Å². The highest BCUT2D eigenvalue weighted by Crippen LogP contribution is 2.54. The predicted octanol–water partition coefficient (Wildman–Crippen LogP) is 3.77. The number of halogens is 1. The third-order valence-corrected chi connectivity index (χ3v) is 6.75. The number of nitrogens with zero attached hydrogens (tertiary/aromatic N) is 4. The van der Waals surface area contributed by atoms with Gasteiger partial charge >= 0.3 is 0 Å². The zero-order valence-corrected chi connectivity index (χ0v) is 17.6. The molecule has 4 aromatic rings. The molecular weight excluding hydrogens is 412 g/mol. The first-order valence-electron chi connectivity index (χ1n) is 10.2. The topological polar surface area (TPSA) is 74.8 Å². The van der Waals surface area contributed by atoms with Gasteiger partial charge in [-0.25, -0.2) is 9.37 Å². The highest BCUT2D eigenvalue weighted by molar-refractivity contribution is 7.27. The normalized spacial score (nSPS) is 20.8. The lowest BCUT2D eigenvalue weighted by atomic mass is 9.78. The Morgan fingerprint density at radius 1 is 1.13 bits per heavy atom. The number of anilines is 1.